The molecule has 0 bridgehead atoms. The molecule has 0 saturated heterocycles. The predicted octanol–water partition coefficient (Wildman–Crippen LogP) is 1.98. The van der Waals surface area contributed by atoms with Crippen molar-refractivity contribution < 1.29 is 27.4 Å². The van der Waals surface area contributed by atoms with Crippen LogP contribution in [0.5, 0.6) is 11.5 Å². The molecule has 0 heterocycles. The second-order valence-electron chi connectivity index (χ2n) is 5.19. The van der Waals surface area contributed by atoms with Gasteiger partial charge >= 0.3 is 16.3 Å². The van der Waals surface area contributed by atoms with Crippen molar-refractivity contribution in [3.63, 3.8) is 0 Å². The van der Waals surface area contributed by atoms with Crippen LogP contribution in [0.2, 0.25) is 0 Å². The highest BCUT2D eigenvalue weighted by Gasteiger charge is 2.23. The molecule has 0 spiro atoms. The molecule has 2 N–H and O–H groups in total. The SMILES string of the molecule is COC(=O)NS(=O)(=O)NC(c1ccc(OC)cc1)c1ccc(OC)cc1. The minimum absolute atomic E-state index is 0.637. The first-order chi connectivity index (χ1) is 12.4. The van der Waals surface area contributed by atoms with E-state index < -0.39 is 22.3 Å². The van der Waals surface area contributed by atoms with Crippen molar-refractivity contribution in [1.82, 2.24) is 9.44 Å². The van der Waals surface area contributed by atoms with E-state index in [1.54, 1.807) is 67.5 Å². The smallest absolute Gasteiger partial charge is 0.421 e. The van der Waals surface area contributed by atoms with Crippen LogP contribution in [0.3, 0.4) is 0 Å². The summed E-state index contributed by atoms with van der Waals surface area (Å²) in [4.78, 5) is 11.3. The monoisotopic (exact) mass is 380 g/mol. The number of nitrogens with one attached hydrogen (secondary N) is 2. The number of carbonyl (C=O) groups is 1. The van der Waals surface area contributed by atoms with Gasteiger partial charge in [-0.1, -0.05) is 24.3 Å². The topological polar surface area (TPSA) is 103 Å². The Balaban J connectivity index is 2.38. The van der Waals surface area contributed by atoms with Crippen molar-refractivity contribution in [3.05, 3.63) is 59.7 Å². The highest BCUT2D eigenvalue weighted by molar-refractivity contribution is 7.88. The van der Waals surface area contributed by atoms with E-state index in [1.807, 2.05) is 0 Å². The molecule has 0 aromatic heterocycles. The second kappa shape index (κ2) is 8.54. The van der Waals surface area contributed by atoms with Crippen molar-refractivity contribution in [1.29, 1.82) is 0 Å². The molecule has 0 unspecified atom stereocenters. The molecule has 26 heavy (non-hydrogen) atoms. The number of ether oxygens (including phenoxy) is 3. The maximum absolute atomic E-state index is 12.2. The quantitative estimate of drug-likeness (QED) is 0.761. The standard InChI is InChI=1S/C17H20N2O6S/c1-23-14-8-4-12(5-9-14)16(13-6-10-15(24-2)11-7-13)18-26(21,22)19-17(20)25-3/h4-11,16,18H,1-3H3,(H,19,20). The van der Waals surface area contributed by atoms with E-state index in [2.05, 4.69) is 9.46 Å². The first kappa shape index (κ1) is 19.5. The van der Waals surface area contributed by atoms with E-state index >= 15 is 0 Å². The van der Waals surface area contributed by atoms with Crippen LogP contribution in [0.15, 0.2) is 48.5 Å². The molecule has 0 saturated carbocycles. The summed E-state index contributed by atoms with van der Waals surface area (Å²) in [5.41, 5.74) is 1.32. The van der Waals surface area contributed by atoms with Gasteiger partial charge in [-0.3, -0.25) is 0 Å². The van der Waals surface area contributed by atoms with E-state index in [1.165, 1.54) is 0 Å². The first-order valence-corrected chi connectivity index (χ1v) is 9.02. The third-order valence-electron chi connectivity index (χ3n) is 3.57. The first-order valence-electron chi connectivity index (χ1n) is 7.54. The summed E-state index contributed by atoms with van der Waals surface area (Å²) < 4.78 is 43.3. The summed E-state index contributed by atoms with van der Waals surface area (Å²) in [5.74, 6) is 1.27. The van der Waals surface area contributed by atoms with Gasteiger partial charge < -0.3 is 14.2 Å². The Labute approximate surface area is 152 Å². The molecule has 0 aliphatic rings. The van der Waals surface area contributed by atoms with Crippen LogP contribution in [0.4, 0.5) is 4.79 Å². The molecular formula is C17H20N2O6S. The molecule has 2 aromatic rings. The lowest BCUT2D eigenvalue weighted by Crippen LogP contribution is -2.42. The van der Waals surface area contributed by atoms with Gasteiger partial charge in [0.2, 0.25) is 0 Å². The Morgan fingerprint density at radius 2 is 1.27 bits per heavy atom. The van der Waals surface area contributed by atoms with Crippen LogP contribution >= 0.6 is 0 Å². The van der Waals surface area contributed by atoms with Gasteiger partial charge in [0.15, 0.2) is 0 Å². The average Bonchev–Trinajstić information content (AvgIpc) is 2.66. The zero-order chi connectivity index (χ0) is 19.2. The van der Waals surface area contributed by atoms with Crippen molar-refractivity contribution in [2.45, 2.75) is 6.04 Å². The zero-order valence-electron chi connectivity index (χ0n) is 14.6. The third-order valence-corrected chi connectivity index (χ3v) is 4.56. The Hall–Kier alpha value is -2.78. The predicted molar refractivity (Wildman–Crippen MR) is 95.4 cm³/mol. The fourth-order valence-electron chi connectivity index (χ4n) is 2.26. The average molecular weight is 380 g/mol. The molecule has 9 heteroatoms. The molecule has 0 fully saturated rings. The Kier molecular flexibility index (Phi) is 6.42. The molecule has 0 radical (unpaired) electrons. The number of carbonyl (C=O) groups excluding carboxylic acids is 1. The lowest BCUT2D eigenvalue weighted by atomic mass is 9.99. The molecule has 2 aromatic carbocycles. The van der Waals surface area contributed by atoms with Gasteiger partial charge in [-0.2, -0.15) is 13.1 Å². The number of hydrogen-bond acceptors (Lipinski definition) is 6. The van der Waals surface area contributed by atoms with Crippen LogP contribution in [0.1, 0.15) is 17.2 Å². The van der Waals surface area contributed by atoms with Gasteiger partial charge in [0.1, 0.15) is 11.5 Å². The van der Waals surface area contributed by atoms with Gasteiger partial charge in [-0.05, 0) is 35.4 Å². The molecule has 2 rings (SSSR count). The summed E-state index contributed by atoms with van der Waals surface area (Å²) in [5, 5.41) is 0. The number of hydrogen-bond donors (Lipinski definition) is 2. The molecule has 1 amide bonds. The van der Waals surface area contributed by atoms with Crippen LogP contribution < -0.4 is 18.9 Å². The van der Waals surface area contributed by atoms with Crippen molar-refractivity contribution in [2.24, 2.45) is 0 Å². The molecule has 0 aliphatic heterocycles. The summed E-state index contributed by atoms with van der Waals surface area (Å²) in [6.45, 7) is 0. The van der Waals surface area contributed by atoms with Gasteiger partial charge in [0.05, 0.1) is 27.4 Å². The molecule has 0 atom stereocenters. The minimum atomic E-state index is -4.16. The fraction of sp³-hybridized carbons (Fsp3) is 0.235. The molecule has 8 nitrogen and oxygen atoms in total. The van der Waals surface area contributed by atoms with Gasteiger partial charge in [-0.15, -0.1) is 0 Å². The largest absolute Gasteiger partial charge is 0.497 e. The van der Waals surface area contributed by atoms with Crippen LogP contribution in [0.25, 0.3) is 0 Å². The van der Waals surface area contributed by atoms with Crippen molar-refractivity contribution >= 4 is 16.3 Å². The Morgan fingerprint density at radius 1 is 0.846 bits per heavy atom. The van der Waals surface area contributed by atoms with Gasteiger partial charge in [0.25, 0.3) is 0 Å². The van der Waals surface area contributed by atoms with Gasteiger partial charge in [0, 0.05) is 0 Å². The van der Waals surface area contributed by atoms with Gasteiger partial charge in [-0.25, -0.2) is 9.52 Å². The van der Waals surface area contributed by atoms with Crippen LogP contribution in [0, 0.1) is 0 Å². The molecular weight excluding hydrogens is 360 g/mol. The lowest BCUT2D eigenvalue weighted by Gasteiger charge is -2.20. The number of amides is 1. The van der Waals surface area contributed by atoms with Crippen molar-refractivity contribution in [2.75, 3.05) is 21.3 Å². The maximum Gasteiger partial charge on any atom is 0.421 e. The highest BCUT2D eigenvalue weighted by Crippen LogP contribution is 2.26. The maximum atomic E-state index is 12.2. The minimum Gasteiger partial charge on any atom is -0.497 e. The highest BCUT2D eigenvalue weighted by atomic mass is 32.2. The van der Waals surface area contributed by atoms with E-state index in [0.717, 1.165) is 7.11 Å². The Morgan fingerprint density at radius 3 is 1.62 bits per heavy atom. The van der Waals surface area contributed by atoms with Crippen molar-refractivity contribution in [3.8, 4) is 11.5 Å². The Bertz CT molecular complexity index is 787. The molecule has 140 valence electrons. The summed E-state index contributed by atoms with van der Waals surface area (Å²) in [6, 6.07) is 13.0. The number of rotatable bonds is 7. The number of benzene rings is 2. The van der Waals surface area contributed by atoms with Crippen LogP contribution in [-0.4, -0.2) is 35.8 Å². The van der Waals surface area contributed by atoms with E-state index in [4.69, 9.17) is 9.47 Å². The zero-order valence-corrected chi connectivity index (χ0v) is 15.4. The van der Waals surface area contributed by atoms with E-state index in [-0.39, 0.29) is 0 Å². The van der Waals surface area contributed by atoms with Crippen LogP contribution in [-0.2, 0) is 14.9 Å². The normalized spacial score (nSPS) is 11.1. The van der Waals surface area contributed by atoms with E-state index in [9.17, 15) is 13.2 Å². The fourth-order valence-corrected chi connectivity index (χ4v) is 3.20. The van der Waals surface area contributed by atoms with E-state index in [0.29, 0.717) is 22.6 Å². The summed E-state index contributed by atoms with van der Waals surface area (Å²) in [7, 11) is 0.00306. The number of methoxy groups -OCH3 is 3. The third kappa shape index (κ3) is 5.11. The lowest BCUT2D eigenvalue weighted by molar-refractivity contribution is 0.177. The molecule has 0 aliphatic carbocycles. The second-order valence-corrected chi connectivity index (χ2v) is 6.64. The summed E-state index contributed by atoms with van der Waals surface area (Å²) >= 11 is 0. The summed E-state index contributed by atoms with van der Waals surface area (Å²) in [6.07, 6.45) is -1.08.